The van der Waals surface area contributed by atoms with Gasteiger partial charge in [0.15, 0.2) is 5.82 Å². The van der Waals surface area contributed by atoms with E-state index in [1.165, 1.54) is 27.1 Å². The molecule has 0 bridgehead atoms. The fourth-order valence-corrected chi connectivity index (χ4v) is 7.03. The molecule has 1 heterocycles. The Morgan fingerprint density at radius 1 is 0.346 bits per heavy atom. The monoisotopic (exact) mass is 661 g/mol. The second-order valence-electron chi connectivity index (χ2n) is 12.9. The van der Waals surface area contributed by atoms with Gasteiger partial charge in [0.2, 0.25) is 0 Å². The normalized spacial score (nSPS) is 11.1. The van der Waals surface area contributed by atoms with Crippen molar-refractivity contribution in [3.05, 3.63) is 194 Å². The summed E-state index contributed by atoms with van der Waals surface area (Å²) in [6.07, 6.45) is 0. The average Bonchev–Trinajstić information content (AvgIpc) is 3.23. The van der Waals surface area contributed by atoms with E-state index in [4.69, 9.17) is 9.97 Å². The third-order valence-electron chi connectivity index (χ3n) is 9.72. The van der Waals surface area contributed by atoms with Gasteiger partial charge < -0.3 is 0 Å². The Hall–Kier alpha value is -7.15. The van der Waals surface area contributed by atoms with Crippen molar-refractivity contribution >= 4 is 21.5 Å². The number of nitrogens with zero attached hydrogens (tertiary/aromatic N) is 3. The minimum atomic E-state index is 0.658. The predicted octanol–water partition coefficient (Wildman–Crippen LogP) is 12.7. The third kappa shape index (κ3) is 5.89. The van der Waals surface area contributed by atoms with Crippen molar-refractivity contribution < 1.29 is 0 Å². The molecule has 8 aromatic carbocycles. The van der Waals surface area contributed by atoms with Crippen LogP contribution in [0.15, 0.2) is 188 Å². The molecule has 0 saturated carbocycles. The minimum Gasteiger partial charge on any atom is -0.228 e. The highest BCUT2D eigenvalue weighted by Gasteiger charge is 2.13. The van der Waals surface area contributed by atoms with Gasteiger partial charge in [-0.2, -0.15) is 5.26 Å². The van der Waals surface area contributed by atoms with Gasteiger partial charge in [-0.15, -0.1) is 0 Å². The molecule has 0 radical (unpaired) electrons. The molecule has 3 heteroatoms. The van der Waals surface area contributed by atoms with Crippen LogP contribution in [0.1, 0.15) is 5.56 Å². The number of nitriles is 1. The summed E-state index contributed by atoms with van der Waals surface area (Å²) in [5.74, 6) is 0.707. The molecule has 0 unspecified atom stereocenters. The highest BCUT2D eigenvalue weighted by Crippen LogP contribution is 2.38. The van der Waals surface area contributed by atoms with Gasteiger partial charge >= 0.3 is 0 Å². The molecule has 9 rings (SSSR count). The SMILES string of the molecule is N#Cc1ccc(-c2cc(-c3ccc4cccc(-c5ccc(-c6cc(-c7ccccc7)nc(-c7ccccc7)n6)cc5)c4c3)cc3ccccc23)cc1. The van der Waals surface area contributed by atoms with Crippen LogP contribution in [0.3, 0.4) is 0 Å². The zero-order chi connectivity index (χ0) is 34.9. The fraction of sp³-hybridized carbons (Fsp3) is 0. The second kappa shape index (κ2) is 13.3. The molecule has 3 nitrogen and oxygen atoms in total. The van der Waals surface area contributed by atoms with E-state index < -0.39 is 0 Å². The van der Waals surface area contributed by atoms with Crippen LogP contribution in [0.4, 0.5) is 0 Å². The van der Waals surface area contributed by atoms with Crippen molar-refractivity contribution in [3.63, 3.8) is 0 Å². The lowest BCUT2D eigenvalue weighted by Crippen LogP contribution is -1.95. The van der Waals surface area contributed by atoms with Gasteiger partial charge in [-0.1, -0.05) is 152 Å². The van der Waals surface area contributed by atoms with Gasteiger partial charge in [-0.25, -0.2) is 9.97 Å². The van der Waals surface area contributed by atoms with Crippen molar-refractivity contribution in [2.75, 3.05) is 0 Å². The summed E-state index contributed by atoms with van der Waals surface area (Å²) in [4.78, 5) is 9.99. The minimum absolute atomic E-state index is 0.658. The van der Waals surface area contributed by atoms with Crippen LogP contribution in [0, 0.1) is 11.3 Å². The van der Waals surface area contributed by atoms with Crippen LogP contribution in [0.5, 0.6) is 0 Å². The number of aromatic nitrogens is 2. The topological polar surface area (TPSA) is 49.6 Å². The molecular formula is C49H31N3. The van der Waals surface area contributed by atoms with E-state index in [-0.39, 0.29) is 0 Å². The van der Waals surface area contributed by atoms with Gasteiger partial charge in [0.1, 0.15) is 0 Å². The van der Waals surface area contributed by atoms with Gasteiger partial charge in [-0.3, -0.25) is 0 Å². The van der Waals surface area contributed by atoms with Crippen molar-refractivity contribution in [2.45, 2.75) is 0 Å². The van der Waals surface area contributed by atoms with Crippen LogP contribution in [-0.2, 0) is 0 Å². The number of hydrogen-bond donors (Lipinski definition) is 0. The first-order chi connectivity index (χ1) is 25.7. The van der Waals surface area contributed by atoms with E-state index in [0.717, 1.165) is 55.9 Å². The van der Waals surface area contributed by atoms with Crippen molar-refractivity contribution in [2.24, 2.45) is 0 Å². The molecule has 1 aromatic heterocycles. The maximum atomic E-state index is 9.36. The van der Waals surface area contributed by atoms with E-state index in [2.05, 4.69) is 133 Å². The highest BCUT2D eigenvalue weighted by atomic mass is 14.9. The van der Waals surface area contributed by atoms with Crippen LogP contribution < -0.4 is 0 Å². The molecule has 0 aliphatic rings. The Morgan fingerprint density at radius 3 is 1.65 bits per heavy atom. The van der Waals surface area contributed by atoms with Crippen LogP contribution in [0.25, 0.3) is 88.8 Å². The summed E-state index contributed by atoms with van der Waals surface area (Å²) in [7, 11) is 0. The first-order valence-corrected chi connectivity index (χ1v) is 17.4. The van der Waals surface area contributed by atoms with Crippen LogP contribution in [-0.4, -0.2) is 9.97 Å². The quantitative estimate of drug-likeness (QED) is 0.178. The average molecular weight is 662 g/mol. The summed E-state index contributed by atoms with van der Waals surface area (Å²) in [5, 5.41) is 14.1. The number of rotatable bonds is 6. The summed E-state index contributed by atoms with van der Waals surface area (Å²) in [6.45, 7) is 0. The molecule has 0 N–H and O–H groups in total. The van der Waals surface area contributed by atoms with E-state index >= 15 is 0 Å². The molecule has 242 valence electrons. The molecule has 52 heavy (non-hydrogen) atoms. The van der Waals surface area contributed by atoms with E-state index in [0.29, 0.717) is 11.4 Å². The Bertz CT molecular complexity index is 2710. The Balaban J connectivity index is 1.12. The number of benzene rings is 8. The van der Waals surface area contributed by atoms with Crippen molar-refractivity contribution in [3.8, 4) is 73.4 Å². The first kappa shape index (κ1) is 30.9. The van der Waals surface area contributed by atoms with Crippen LogP contribution in [0.2, 0.25) is 0 Å². The number of hydrogen-bond acceptors (Lipinski definition) is 3. The smallest absolute Gasteiger partial charge is 0.160 e. The lowest BCUT2D eigenvalue weighted by molar-refractivity contribution is 1.18. The number of fused-ring (bicyclic) bond motifs is 2. The van der Waals surface area contributed by atoms with E-state index in [1.54, 1.807) is 0 Å². The first-order valence-electron chi connectivity index (χ1n) is 17.4. The summed E-state index contributed by atoms with van der Waals surface area (Å²) < 4.78 is 0. The zero-order valence-electron chi connectivity index (χ0n) is 28.2. The molecule has 0 fully saturated rings. The summed E-state index contributed by atoms with van der Waals surface area (Å²) >= 11 is 0. The molecule has 0 amide bonds. The molecule has 0 aliphatic carbocycles. The van der Waals surface area contributed by atoms with Crippen LogP contribution >= 0.6 is 0 Å². The molecule has 0 aliphatic heterocycles. The second-order valence-corrected chi connectivity index (χ2v) is 12.9. The van der Waals surface area contributed by atoms with Crippen molar-refractivity contribution in [1.82, 2.24) is 9.97 Å². The maximum absolute atomic E-state index is 9.36. The third-order valence-corrected chi connectivity index (χ3v) is 9.72. The zero-order valence-corrected chi connectivity index (χ0v) is 28.2. The Morgan fingerprint density at radius 2 is 0.923 bits per heavy atom. The fourth-order valence-electron chi connectivity index (χ4n) is 7.03. The van der Waals surface area contributed by atoms with Crippen molar-refractivity contribution in [1.29, 1.82) is 5.26 Å². The highest BCUT2D eigenvalue weighted by molar-refractivity contribution is 6.03. The van der Waals surface area contributed by atoms with Gasteiger partial charge in [0, 0.05) is 16.7 Å². The maximum Gasteiger partial charge on any atom is 0.160 e. The lowest BCUT2D eigenvalue weighted by Gasteiger charge is -2.14. The summed E-state index contributed by atoms with van der Waals surface area (Å²) in [5.41, 5.74) is 12.4. The van der Waals surface area contributed by atoms with Gasteiger partial charge in [-0.05, 0) is 91.3 Å². The van der Waals surface area contributed by atoms with Gasteiger partial charge in [0.05, 0.1) is 23.0 Å². The molecule has 0 atom stereocenters. The van der Waals surface area contributed by atoms with E-state index in [9.17, 15) is 5.26 Å². The summed E-state index contributed by atoms with van der Waals surface area (Å²) in [6, 6.07) is 67.6. The largest absolute Gasteiger partial charge is 0.228 e. The molecular weight excluding hydrogens is 631 g/mol. The molecule has 0 saturated heterocycles. The lowest BCUT2D eigenvalue weighted by atomic mass is 9.90. The molecule has 9 aromatic rings. The predicted molar refractivity (Wildman–Crippen MR) is 214 cm³/mol. The standard InChI is InChI=1S/C49H31N3/c50-32-33-18-20-36(21-19-33)46-30-42(28-41-14-7-8-16-44(41)46)40-27-24-34-15-9-17-43(45(34)29-40)35-22-25-38(26-23-35)48-31-47(37-10-3-1-4-11-37)51-49(52-48)39-12-5-2-6-13-39/h1-31H. The van der Waals surface area contributed by atoms with Gasteiger partial charge in [0.25, 0.3) is 0 Å². The Labute approximate surface area is 302 Å². The Kier molecular flexibility index (Phi) is 7.89. The van der Waals surface area contributed by atoms with E-state index in [1.807, 2.05) is 60.7 Å². The molecule has 0 spiro atoms.